The molecular formula is C18H29NO. The number of hydrogen-bond acceptors (Lipinski definition) is 2. The summed E-state index contributed by atoms with van der Waals surface area (Å²) in [4.78, 5) is 0. The van der Waals surface area contributed by atoms with Crippen LogP contribution in [0.25, 0.3) is 0 Å². The molecule has 2 nitrogen and oxygen atoms in total. The maximum atomic E-state index is 11.0. The molecule has 0 bridgehead atoms. The van der Waals surface area contributed by atoms with Gasteiger partial charge in [-0.25, -0.2) is 0 Å². The average molecular weight is 275 g/mol. The van der Waals surface area contributed by atoms with Crippen molar-refractivity contribution in [2.24, 2.45) is 17.1 Å². The topological polar surface area (TPSA) is 46.2 Å². The number of aliphatic hydroxyl groups excluding tert-OH is 1. The first-order valence-electron chi connectivity index (χ1n) is 7.97. The Hall–Kier alpha value is -0.860. The van der Waals surface area contributed by atoms with Crippen LogP contribution in [0.1, 0.15) is 61.8 Å². The summed E-state index contributed by atoms with van der Waals surface area (Å²) in [6, 6.07) is 6.33. The first-order valence-corrected chi connectivity index (χ1v) is 7.97. The zero-order valence-electron chi connectivity index (χ0n) is 13.2. The minimum absolute atomic E-state index is 0.126. The van der Waals surface area contributed by atoms with Gasteiger partial charge >= 0.3 is 0 Å². The Kier molecular flexibility index (Phi) is 4.87. The second-order valence-electron chi connectivity index (χ2n) is 6.70. The highest BCUT2D eigenvalue weighted by Gasteiger charge is 2.41. The molecule has 3 N–H and O–H groups in total. The molecule has 1 saturated carbocycles. The lowest BCUT2D eigenvalue weighted by Crippen LogP contribution is -2.41. The first-order chi connectivity index (χ1) is 9.52. The molecule has 1 fully saturated rings. The van der Waals surface area contributed by atoms with Crippen LogP contribution in [0.5, 0.6) is 0 Å². The fourth-order valence-electron chi connectivity index (χ4n) is 3.88. The Morgan fingerprint density at radius 3 is 2.75 bits per heavy atom. The second kappa shape index (κ2) is 6.28. The molecular weight excluding hydrogens is 246 g/mol. The van der Waals surface area contributed by atoms with Gasteiger partial charge in [0.25, 0.3) is 0 Å². The van der Waals surface area contributed by atoms with Crippen LogP contribution in [-0.4, -0.2) is 11.7 Å². The van der Waals surface area contributed by atoms with Crippen LogP contribution in [0.4, 0.5) is 0 Å². The normalized spacial score (nSPS) is 28.4. The van der Waals surface area contributed by atoms with Crippen molar-refractivity contribution < 1.29 is 5.11 Å². The lowest BCUT2D eigenvalue weighted by atomic mass is 9.64. The number of rotatable bonds is 4. The van der Waals surface area contributed by atoms with Crippen LogP contribution in [-0.2, 0) is 0 Å². The van der Waals surface area contributed by atoms with Gasteiger partial charge in [0, 0.05) is 12.0 Å². The molecule has 1 aliphatic rings. The van der Waals surface area contributed by atoms with Crippen molar-refractivity contribution in [2.45, 2.75) is 59.0 Å². The molecule has 0 radical (unpaired) electrons. The van der Waals surface area contributed by atoms with E-state index in [2.05, 4.69) is 39.0 Å². The minimum Gasteiger partial charge on any atom is -0.388 e. The SMILES string of the molecule is CCC1CCCC(CN)(C(O)c2ccc(C)cc2C)C1. The van der Waals surface area contributed by atoms with E-state index in [0.29, 0.717) is 12.5 Å². The summed E-state index contributed by atoms with van der Waals surface area (Å²) in [5, 5.41) is 11.0. The van der Waals surface area contributed by atoms with Crippen LogP contribution in [0.2, 0.25) is 0 Å². The molecule has 1 aliphatic carbocycles. The van der Waals surface area contributed by atoms with E-state index in [0.717, 1.165) is 18.4 Å². The Morgan fingerprint density at radius 2 is 2.15 bits per heavy atom. The summed E-state index contributed by atoms with van der Waals surface area (Å²) in [5.74, 6) is 0.715. The molecule has 0 saturated heterocycles. The predicted octanol–water partition coefficient (Wildman–Crippen LogP) is 3.88. The van der Waals surface area contributed by atoms with Gasteiger partial charge in [0.15, 0.2) is 0 Å². The van der Waals surface area contributed by atoms with E-state index in [-0.39, 0.29) is 5.41 Å². The fraction of sp³-hybridized carbons (Fsp3) is 0.667. The number of aliphatic hydroxyl groups is 1. The third-order valence-corrected chi connectivity index (χ3v) is 5.27. The Labute approximate surface area is 123 Å². The van der Waals surface area contributed by atoms with Crippen molar-refractivity contribution in [2.75, 3.05) is 6.54 Å². The van der Waals surface area contributed by atoms with E-state index < -0.39 is 6.10 Å². The van der Waals surface area contributed by atoms with Crippen molar-refractivity contribution in [3.05, 3.63) is 34.9 Å². The monoisotopic (exact) mass is 275 g/mol. The Balaban J connectivity index is 2.30. The van der Waals surface area contributed by atoms with Crippen LogP contribution in [0, 0.1) is 25.2 Å². The van der Waals surface area contributed by atoms with E-state index in [9.17, 15) is 5.11 Å². The molecule has 0 aliphatic heterocycles. The molecule has 0 heterocycles. The molecule has 1 aromatic rings. The summed E-state index contributed by atoms with van der Waals surface area (Å²) >= 11 is 0. The number of nitrogens with two attached hydrogens (primary N) is 1. The van der Waals surface area contributed by atoms with Gasteiger partial charge in [-0.2, -0.15) is 0 Å². The molecule has 112 valence electrons. The summed E-state index contributed by atoms with van der Waals surface area (Å²) in [6.45, 7) is 7.02. The maximum Gasteiger partial charge on any atom is 0.0860 e. The first kappa shape index (κ1) is 15.5. The van der Waals surface area contributed by atoms with Gasteiger partial charge in [-0.05, 0) is 43.7 Å². The largest absolute Gasteiger partial charge is 0.388 e. The van der Waals surface area contributed by atoms with E-state index >= 15 is 0 Å². The molecule has 2 heteroatoms. The van der Waals surface area contributed by atoms with Crippen molar-refractivity contribution >= 4 is 0 Å². The van der Waals surface area contributed by atoms with Crippen molar-refractivity contribution in [3.63, 3.8) is 0 Å². The molecule has 20 heavy (non-hydrogen) atoms. The highest BCUT2D eigenvalue weighted by Crippen LogP contribution is 2.48. The lowest BCUT2D eigenvalue weighted by Gasteiger charge is -2.44. The van der Waals surface area contributed by atoms with Gasteiger partial charge in [0.1, 0.15) is 0 Å². The molecule has 0 amide bonds. The number of aryl methyl sites for hydroxylation is 2. The molecule has 1 aromatic carbocycles. The maximum absolute atomic E-state index is 11.0. The van der Waals surface area contributed by atoms with Gasteiger partial charge in [0.2, 0.25) is 0 Å². The van der Waals surface area contributed by atoms with E-state index in [1.807, 2.05) is 0 Å². The summed E-state index contributed by atoms with van der Waals surface area (Å²) in [5.41, 5.74) is 9.48. The fourth-order valence-corrected chi connectivity index (χ4v) is 3.88. The standard InChI is InChI=1S/C18H29NO/c1-4-15-6-5-9-18(11-15,12-19)17(20)16-8-7-13(2)10-14(16)3/h7-8,10,15,17,20H,4-6,9,11-12,19H2,1-3H3. The van der Waals surface area contributed by atoms with Crippen molar-refractivity contribution in [3.8, 4) is 0 Å². The third kappa shape index (κ3) is 2.91. The minimum atomic E-state index is -0.428. The van der Waals surface area contributed by atoms with Gasteiger partial charge < -0.3 is 10.8 Å². The van der Waals surface area contributed by atoms with Crippen molar-refractivity contribution in [1.82, 2.24) is 0 Å². The number of hydrogen-bond donors (Lipinski definition) is 2. The van der Waals surface area contributed by atoms with Crippen LogP contribution < -0.4 is 5.73 Å². The van der Waals surface area contributed by atoms with Crippen molar-refractivity contribution in [1.29, 1.82) is 0 Å². The van der Waals surface area contributed by atoms with Crippen LogP contribution >= 0.6 is 0 Å². The average Bonchev–Trinajstić information content (AvgIpc) is 2.46. The van der Waals surface area contributed by atoms with Crippen LogP contribution in [0.15, 0.2) is 18.2 Å². The molecule has 3 atom stereocenters. The smallest absolute Gasteiger partial charge is 0.0860 e. The highest BCUT2D eigenvalue weighted by atomic mass is 16.3. The lowest BCUT2D eigenvalue weighted by molar-refractivity contribution is -0.0165. The highest BCUT2D eigenvalue weighted by molar-refractivity contribution is 5.33. The van der Waals surface area contributed by atoms with Gasteiger partial charge in [0.05, 0.1) is 6.10 Å². The predicted molar refractivity (Wildman–Crippen MR) is 84.6 cm³/mol. The van der Waals surface area contributed by atoms with Gasteiger partial charge in [-0.1, -0.05) is 49.9 Å². The molecule has 3 unspecified atom stereocenters. The summed E-state index contributed by atoms with van der Waals surface area (Å²) < 4.78 is 0. The van der Waals surface area contributed by atoms with Gasteiger partial charge in [-0.15, -0.1) is 0 Å². The molecule has 2 rings (SSSR count). The molecule has 0 spiro atoms. The zero-order valence-corrected chi connectivity index (χ0v) is 13.2. The molecule has 0 aromatic heterocycles. The van der Waals surface area contributed by atoms with E-state index in [1.165, 1.54) is 30.4 Å². The van der Waals surface area contributed by atoms with Gasteiger partial charge in [-0.3, -0.25) is 0 Å². The van der Waals surface area contributed by atoms with Crippen LogP contribution in [0.3, 0.4) is 0 Å². The summed E-state index contributed by atoms with van der Waals surface area (Å²) in [6.07, 6.45) is 5.36. The summed E-state index contributed by atoms with van der Waals surface area (Å²) in [7, 11) is 0. The second-order valence-corrected chi connectivity index (χ2v) is 6.70. The Morgan fingerprint density at radius 1 is 1.40 bits per heavy atom. The third-order valence-electron chi connectivity index (χ3n) is 5.27. The quantitative estimate of drug-likeness (QED) is 0.876. The van der Waals surface area contributed by atoms with E-state index in [4.69, 9.17) is 5.73 Å². The number of benzene rings is 1. The Bertz CT molecular complexity index is 457. The van der Waals surface area contributed by atoms with E-state index in [1.54, 1.807) is 0 Å². The zero-order chi connectivity index (χ0) is 14.8.